The molecule has 1 aromatic carbocycles. The number of aromatic nitrogens is 2. The molecule has 1 fully saturated rings. The van der Waals surface area contributed by atoms with Crippen molar-refractivity contribution in [2.45, 2.75) is 26.3 Å². The van der Waals surface area contributed by atoms with E-state index in [1.807, 2.05) is 12.1 Å². The van der Waals surface area contributed by atoms with Crippen LogP contribution in [0.3, 0.4) is 0 Å². The summed E-state index contributed by atoms with van der Waals surface area (Å²) in [7, 11) is 0. The second-order valence-corrected chi connectivity index (χ2v) is 7.84. The fraction of sp³-hybridized carbons (Fsp3) is 0.350. The van der Waals surface area contributed by atoms with Crippen LogP contribution in [0.15, 0.2) is 42.7 Å². The molecule has 0 spiro atoms. The van der Waals surface area contributed by atoms with Gasteiger partial charge >= 0.3 is 0 Å². The van der Waals surface area contributed by atoms with Gasteiger partial charge in [0.2, 0.25) is 5.91 Å². The van der Waals surface area contributed by atoms with Gasteiger partial charge in [0, 0.05) is 32.0 Å². The van der Waals surface area contributed by atoms with Gasteiger partial charge in [-0.1, -0.05) is 23.5 Å². The van der Waals surface area contributed by atoms with Gasteiger partial charge in [0.15, 0.2) is 5.13 Å². The Bertz CT molecular complexity index is 909. The molecule has 0 aliphatic carbocycles. The van der Waals surface area contributed by atoms with E-state index in [2.05, 4.69) is 40.3 Å². The molecule has 1 saturated heterocycles. The van der Waals surface area contributed by atoms with E-state index in [4.69, 9.17) is 4.98 Å². The minimum atomic E-state index is 0.00849. The van der Waals surface area contributed by atoms with Gasteiger partial charge in [-0.3, -0.25) is 9.78 Å². The lowest BCUT2D eigenvalue weighted by Crippen LogP contribution is -2.42. The Labute approximate surface area is 157 Å². The topological polar surface area (TPSA) is 58.1 Å². The lowest BCUT2D eigenvalue weighted by atomic mass is 9.97. The number of piperidine rings is 1. The minimum absolute atomic E-state index is 0.00849. The molecule has 4 rings (SSSR count). The van der Waals surface area contributed by atoms with Crippen molar-refractivity contribution < 1.29 is 4.79 Å². The van der Waals surface area contributed by atoms with Crippen molar-refractivity contribution >= 4 is 32.6 Å². The Hall–Kier alpha value is -2.47. The van der Waals surface area contributed by atoms with Gasteiger partial charge in [0.1, 0.15) is 0 Å². The molecule has 1 aliphatic rings. The molecule has 1 unspecified atom stereocenters. The molecule has 134 valence electrons. The molecule has 1 N–H and O–H groups in total. The third kappa shape index (κ3) is 3.70. The molecule has 0 radical (unpaired) electrons. The van der Waals surface area contributed by atoms with Gasteiger partial charge in [-0.2, -0.15) is 0 Å². The average molecular weight is 366 g/mol. The van der Waals surface area contributed by atoms with E-state index in [0.29, 0.717) is 6.54 Å². The van der Waals surface area contributed by atoms with Gasteiger partial charge in [0.05, 0.1) is 16.1 Å². The molecule has 1 amide bonds. The van der Waals surface area contributed by atoms with Crippen molar-refractivity contribution in [1.82, 2.24) is 15.3 Å². The van der Waals surface area contributed by atoms with Gasteiger partial charge in [0.25, 0.3) is 0 Å². The molecule has 6 heteroatoms. The average Bonchev–Trinajstić information content (AvgIpc) is 3.10. The van der Waals surface area contributed by atoms with E-state index in [9.17, 15) is 4.79 Å². The SMILES string of the molecule is Cc1ccc2nc(N3CCCC(C(=O)NCc4cccnc4)C3)sc2c1. The van der Waals surface area contributed by atoms with E-state index < -0.39 is 0 Å². The van der Waals surface area contributed by atoms with Crippen LogP contribution in [0, 0.1) is 12.8 Å². The van der Waals surface area contributed by atoms with Crippen LogP contribution in [0.25, 0.3) is 10.2 Å². The number of rotatable bonds is 4. The fourth-order valence-electron chi connectivity index (χ4n) is 3.36. The van der Waals surface area contributed by atoms with E-state index in [0.717, 1.165) is 42.1 Å². The third-order valence-electron chi connectivity index (χ3n) is 4.78. The molecular weight excluding hydrogens is 344 g/mol. The summed E-state index contributed by atoms with van der Waals surface area (Å²) >= 11 is 1.72. The summed E-state index contributed by atoms with van der Waals surface area (Å²) in [5.74, 6) is 0.129. The Kier molecular flexibility index (Phi) is 4.84. The van der Waals surface area contributed by atoms with Crippen LogP contribution in [-0.4, -0.2) is 29.0 Å². The zero-order valence-electron chi connectivity index (χ0n) is 14.8. The Morgan fingerprint density at radius 1 is 1.38 bits per heavy atom. The quantitative estimate of drug-likeness (QED) is 0.767. The number of thiazole rings is 1. The lowest BCUT2D eigenvalue weighted by molar-refractivity contribution is -0.125. The van der Waals surface area contributed by atoms with Crippen molar-refractivity contribution in [3.8, 4) is 0 Å². The molecule has 3 aromatic rings. The van der Waals surface area contributed by atoms with Crippen molar-refractivity contribution in [2.24, 2.45) is 5.92 Å². The van der Waals surface area contributed by atoms with Gasteiger partial charge in [-0.25, -0.2) is 4.98 Å². The lowest BCUT2D eigenvalue weighted by Gasteiger charge is -2.31. The molecule has 3 heterocycles. The number of nitrogens with zero attached hydrogens (tertiary/aromatic N) is 3. The predicted octanol–water partition coefficient (Wildman–Crippen LogP) is 3.53. The Morgan fingerprint density at radius 2 is 2.31 bits per heavy atom. The van der Waals surface area contributed by atoms with Crippen LogP contribution in [0.5, 0.6) is 0 Å². The highest BCUT2D eigenvalue weighted by molar-refractivity contribution is 7.22. The number of benzene rings is 1. The van der Waals surface area contributed by atoms with Crippen LogP contribution in [0.4, 0.5) is 5.13 Å². The number of amides is 1. The van der Waals surface area contributed by atoms with Crippen molar-refractivity contribution in [3.05, 3.63) is 53.9 Å². The summed E-state index contributed by atoms with van der Waals surface area (Å²) in [6, 6.07) is 10.2. The number of hydrogen-bond acceptors (Lipinski definition) is 5. The van der Waals surface area contributed by atoms with Crippen LogP contribution in [-0.2, 0) is 11.3 Å². The molecule has 26 heavy (non-hydrogen) atoms. The normalized spacial score (nSPS) is 17.4. The maximum absolute atomic E-state index is 12.6. The monoisotopic (exact) mass is 366 g/mol. The highest BCUT2D eigenvalue weighted by Crippen LogP contribution is 2.32. The highest BCUT2D eigenvalue weighted by atomic mass is 32.1. The summed E-state index contributed by atoms with van der Waals surface area (Å²) in [6.45, 7) is 4.33. The van der Waals surface area contributed by atoms with Crippen LogP contribution in [0.2, 0.25) is 0 Å². The summed E-state index contributed by atoms with van der Waals surface area (Å²) < 4.78 is 1.21. The molecule has 2 aromatic heterocycles. The molecular formula is C20H22N4OS. The maximum atomic E-state index is 12.6. The van der Waals surface area contributed by atoms with Gasteiger partial charge in [-0.05, 0) is 49.1 Å². The Balaban J connectivity index is 1.42. The first-order valence-electron chi connectivity index (χ1n) is 8.98. The van der Waals surface area contributed by atoms with E-state index in [1.165, 1.54) is 10.3 Å². The van der Waals surface area contributed by atoms with Crippen LogP contribution in [0.1, 0.15) is 24.0 Å². The summed E-state index contributed by atoms with van der Waals surface area (Å²) in [4.78, 5) is 23.7. The smallest absolute Gasteiger partial charge is 0.225 e. The first kappa shape index (κ1) is 17.0. The molecule has 1 aliphatic heterocycles. The number of pyridine rings is 1. The zero-order valence-corrected chi connectivity index (χ0v) is 15.6. The second-order valence-electron chi connectivity index (χ2n) is 6.83. The van der Waals surface area contributed by atoms with E-state index >= 15 is 0 Å². The maximum Gasteiger partial charge on any atom is 0.225 e. The number of aryl methyl sites for hydroxylation is 1. The van der Waals surface area contributed by atoms with E-state index in [-0.39, 0.29) is 11.8 Å². The highest BCUT2D eigenvalue weighted by Gasteiger charge is 2.27. The van der Waals surface area contributed by atoms with Crippen molar-refractivity contribution in [2.75, 3.05) is 18.0 Å². The predicted molar refractivity (Wildman–Crippen MR) is 105 cm³/mol. The number of carbonyl (C=O) groups is 1. The second kappa shape index (κ2) is 7.41. The standard InChI is InChI=1S/C20H22N4OS/c1-14-6-7-17-18(10-14)26-20(23-17)24-9-3-5-16(13-24)19(25)22-12-15-4-2-8-21-11-15/h2,4,6-8,10-11,16H,3,5,9,12-13H2,1H3,(H,22,25). The van der Waals surface area contributed by atoms with Crippen LogP contribution < -0.4 is 10.2 Å². The molecule has 0 bridgehead atoms. The minimum Gasteiger partial charge on any atom is -0.352 e. The first-order chi connectivity index (χ1) is 12.7. The molecule has 5 nitrogen and oxygen atoms in total. The molecule has 1 atom stereocenters. The van der Waals surface area contributed by atoms with Gasteiger partial charge in [-0.15, -0.1) is 0 Å². The summed E-state index contributed by atoms with van der Waals surface area (Å²) in [5, 5.41) is 4.08. The van der Waals surface area contributed by atoms with Crippen molar-refractivity contribution in [3.63, 3.8) is 0 Å². The number of anilines is 1. The fourth-order valence-corrected chi connectivity index (χ4v) is 4.45. The number of nitrogens with one attached hydrogen (secondary N) is 1. The third-order valence-corrected chi connectivity index (χ3v) is 5.86. The Morgan fingerprint density at radius 3 is 3.15 bits per heavy atom. The van der Waals surface area contributed by atoms with Crippen LogP contribution >= 0.6 is 11.3 Å². The van der Waals surface area contributed by atoms with Gasteiger partial charge < -0.3 is 10.2 Å². The number of fused-ring (bicyclic) bond motifs is 1. The number of carbonyl (C=O) groups excluding carboxylic acids is 1. The van der Waals surface area contributed by atoms with E-state index in [1.54, 1.807) is 23.7 Å². The summed E-state index contributed by atoms with van der Waals surface area (Å²) in [5.41, 5.74) is 3.31. The number of hydrogen-bond donors (Lipinski definition) is 1. The molecule has 0 saturated carbocycles. The summed E-state index contributed by atoms with van der Waals surface area (Å²) in [6.07, 6.45) is 5.47. The first-order valence-corrected chi connectivity index (χ1v) is 9.79. The largest absolute Gasteiger partial charge is 0.352 e. The zero-order chi connectivity index (χ0) is 17.9. The van der Waals surface area contributed by atoms with Crippen molar-refractivity contribution in [1.29, 1.82) is 0 Å².